The van der Waals surface area contributed by atoms with Crippen LogP contribution in [-0.2, 0) is 17.6 Å². The molecule has 0 unspecified atom stereocenters. The average molecular weight is 384 g/mol. The van der Waals surface area contributed by atoms with E-state index in [2.05, 4.69) is 10.2 Å². The van der Waals surface area contributed by atoms with Gasteiger partial charge in [0, 0.05) is 49.6 Å². The summed E-state index contributed by atoms with van der Waals surface area (Å²) in [6.07, 6.45) is 5.77. The smallest absolute Gasteiger partial charge is 0.339 e. The van der Waals surface area contributed by atoms with Crippen molar-refractivity contribution in [1.29, 1.82) is 0 Å². The van der Waals surface area contributed by atoms with E-state index in [9.17, 15) is 9.59 Å². The Labute approximate surface area is 164 Å². The number of hydrogen-bond donors (Lipinski definition) is 1. The molecule has 4 rings (SSSR count). The molecule has 2 aromatic rings. The lowest BCUT2D eigenvalue weighted by atomic mass is 10.0. The number of piperidine rings is 1. The Balaban J connectivity index is 1.27. The number of nitrogens with zero attached hydrogens (tertiary/aromatic N) is 1. The summed E-state index contributed by atoms with van der Waals surface area (Å²) in [5.74, 6) is 0.806. The van der Waals surface area contributed by atoms with Gasteiger partial charge in [0.15, 0.2) is 0 Å². The molecule has 0 saturated carbocycles. The fraction of sp³-hybridized carbons (Fsp3) is 0.545. The normalized spacial score (nSPS) is 17.6. The highest BCUT2D eigenvalue weighted by Gasteiger charge is 2.20. The van der Waals surface area contributed by atoms with Crippen molar-refractivity contribution in [2.45, 2.75) is 51.5 Å². The van der Waals surface area contributed by atoms with Crippen molar-refractivity contribution in [3.05, 3.63) is 39.7 Å². The molecule has 6 nitrogen and oxygen atoms in total. The SMILES string of the molecule is CC(=O)NC1CCN(CCCOc2ccc3c4c(c(=O)oc3c2)CCC4)CC1. The molecule has 0 spiro atoms. The molecule has 150 valence electrons. The largest absolute Gasteiger partial charge is 0.493 e. The topological polar surface area (TPSA) is 71.8 Å². The van der Waals surface area contributed by atoms with E-state index in [0.29, 0.717) is 18.2 Å². The van der Waals surface area contributed by atoms with E-state index in [4.69, 9.17) is 9.15 Å². The minimum atomic E-state index is -0.195. The molecular formula is C22H28N2O4. The number of aryl methyl sites for hydroxylation is 1. The number of fused-ring (bicyclic) bond motifs is 3. The third-order valence-electron chi connectivity index (χ3n) is 5.83. The van der Waals surface area contributed by atoms with Crippen molar-refractivity contribution in [2.24, 2.45) is 0 Å². The fourth-order valence-corrected chi connectivity index (χ4v) is 4.42. The maximum Gasteiger partial charge on any atom is 0.339 e. The molecule has 2 heterocycles. The van der Waals surface area contributed by atoms with Crippen molar-refractivity contribution in [3.63, 3.8) is 0 Å². The highest BCUT2D eigenvalue weighted by Crippen LogP contribution is 2.29. The van der Waals surface area contributed by atoms with Crippen LogP contribution >= 0.6 is 0 Å². The summed E-state index contributed by atoms with van der Waals surface area (Å²) in [5, 5.41) is 4.05. The molecule has 6 heteroatoms. The summed E-state index contributed by atoms with van der Waals surface area (Å²) in [5.41, 5.74) is 2.44. The summed E-state index contributed by atoms with van der Waals surface area (Å²) < 4.78 is 11.4. The Kier molecular flexibility index (Phi) is 5.67. The van der Waals surface area contributed by atoms with E-state index in [1.165, 1.54) is 0 Å². The van der Waals surface area contributed by atoms with Gasteiger partial charge >= 0.3 is 5.63 Å². The van der Waals surface area contributed by atoms with Gasteiger partial charge in [-0.3, -0.25) is 4.79 Å². The fourth-order valence-electron chi connectivity index (χ4n) is 4.42. The highest BCUT2D eigenvalue weighted by molar-refractivity contribution is 5.83. The van der Waals surface area contributed by atoms with Crippen LogP contribution in [-0.4, -0.2) is 43.1 Å². The molecule has 0 bridgehead atoms. The van der Waals surface area contributed by atoms with E-state index in [1.807, 2.05) is 18.2 Å². The first-order valence-electron chi connectivity index (χ1n) is 10.3. The number of benzene rings is 1. The number of carbonyl (C=O) groups excluding carboxylic acids is 1. The molecule has 1 N–H and O–H groups in total. The summed E-state index contributed by atoms with van der Waals surface area (Å²) in [6, 6.07) is 6.15. The van der Waals surface area contributed by atoms with Gasteiger partial charge in [-0.1, -0.05) is 0 Å². The van der Waals surface area contributed by atoms with Crippen LogP contribution in [0.25, 0.3) is 11.0 Å². The van der Waals surface area contributed by atoms with Crippen molar-refractivity contribution in [3.8, 4) is 5.75 Å². The molecule has 1 aromatic heterocycles. The number of hydrogen-bond acceptors (Lipinski definition) is 5. The van der Waals surface area contributed by atoms with Gasteiger partial charge in [-0.05, 0) is 56.2 Å². The van der Waals surface area contributed by atoms with Crippen molar-refractivity contribution >= 4 is 16.9 Å². The lowest BCUT2D eigenvalue weighted by molar-refractivity contribution is -0.119. The third kappa shape index (κ3) is 4.22. The van der Waals surface area contributed by atoms with Gasteiger partial charge in [0.1, 0.15) is 11.3 Å². The van der Waals surface area contributed by atoms with Crippen LogP contribution < -0.4 is 15.7 Å². The first-order valence-corrected chi connectivity index (χ1v) is 10.3. The quantitative estimate of drug-likeness (QED) is 0.612. The van der Waals surface area contributed by atoms with Gasteiger partial charge in [-0.2, -0.15) is 0 Å². The predicted octanol–water partition coefficient (Wildman–Crippen LogP) is 2.65. The van der Waals surface area contributed by atoms with Crippen LogP contribution in [0.15, 0.2) is 27.4 Å². The Morgan fingerprint density at radius 1 is 1.25 bits per heavy atom. The zero-order valence-corrected chi connectivity index (χ0v) is 16.5. The Bertz CT molecular complexity index is 913. The van der Waals surface area contributed by atoms with Crippen LogP contribution in [0.3, 0.4) is 0 Å². The first-order chi connectivity index (χ1) is 13.6. The Morgan fingerprint density at radius 3 is 2.82 bits per heavy atom. The lowest BCUT2D eigenvalue weighted by Crippen LogP contribution is -2.44. The number of nitrogens with one attached hydrogen (secondary N) is 1. The van der Waals surface area contributed by atoms with Gasteiger partial charge in [0.2, 0.25) is 5.91 Å². The van der Waals surface area contributed by atoms with E-state index in [0.717, 1.165) is 80.4 Å². The van der Waals surface area contributed by atoms with Crippen LogP contribution in [0.4, 0.5) is 0 Å². The van der Waals surface area contributed by atoms with Crippen LogP contribution in [0, 0.1) is 0 Å². The number of amides is 1. The molecule has 1 fully saturated rings. The van der Waals surface area contributed by atoms with Gasteiger partial charge in [0.25, 0.3) is 0 Å². The standard InChI is InChI=1S/C22H28N2O4/c1-15(25)23-16-8-11-24(12-9-16)10-3-13-27-17-6-7-19-18-4-2-5-20(18)22(26)28-21(19)14-17/h6-7,14,16H,2-5,8-13H2,1H3,(H,23,25). The molecule has 1 amide bonds. The van der Waals surface area contributed by atoms with Gasteiger partial charge in [0.05, 0.1) is 6.61 Å². The summed E-state index contributed by atoms with van der Waals surface area (Å²) >= 11 is 0. The number of ether oxygens (including phenoxy) is 1. The molecular weight excluding hydrogens is 356 g/mol. The average Bonchev–Trinajstić information content (AvgIpc) is 3.17. The minimum absolute atomic E-state index is 0.0584. The molecule has 1 aliphatic carbocycles. The van der Waals surface area contributed by atoms with Gasteiger partial charge in [-0.25, -0.2) is 4.79 Å². The van der Waals surface area contributed by atoms with E-state index in [1.54, 1.807) is 6.92 Å². The second-order valence-corrected chi connectivity index (χ2v) is 7.88. The first kappa shape index (κ1) is 19.0. The van der Waals surface area contributed by atoms with Crippen LogP contribution in [0.2, 0.25) is 0 Å². The van der Waals surface area contributed by atoms with Gasteiger partial charge in [-0.15, -0.1) is 0 Å². The van der Waals surface area contributed by atoms with E-state index in [-0.39, 0.29) is 11.5 Å². The van der Waals surface area contributed by atoms with E-state index >= 15 is 0 Å². The van der Waals surface area contributed by atoms with Crippen LogP contribution in [0.5, 0.6) is 5.75 Å². The van der Waals surface area contributed by atoms with Crippen molar-refractivity contribution in [2.75, 3.05) is 26.2 Å². The minimum Gasteiger partial charge on any atom is -0.493 e. The summed E-state index contributed by atoms with van der Waals surface area (Å²) in [4.78, 5) is 25.7. The zero-order valence-electron chi connectivity index (χ0n) is 16.5. The third-order valence-corrected chi connectivity index (χ3v) is 5.83. The Hall–Kier alpha value is -2.34. The Morgan fingerprint density at radius 2 is 2.04 bits per heavy atom. The molecule has 1 saturated heterocycles. The molecule has 1 aromatic carbocycles. The summed E-state index contributed by atoms with van der Waals surface area (Å²) in [6.45, 7) is 5.22. The second-order valence-electron chi connectivity index (χ2n) is 7.88. The molecule has 2 aliphatic rings. The van der Waals surface area contributed by atoms with Crippen molar-refractivity contribution < 1.29 is 13.9 Å². The predicted molar refractivity (Wildman–Crippen MR) is 108 cm³/mol. The highest BCUT2D eigenvalue weighted by atomic mass is 16.5. The molecule has 1 aliphatic heterocycles. The van der Waals surface area contributed by atoms with Crippen molar-refractivity contribution in [1.82, 2.24) is 10.2 Å². The monoisotopic (exact) mass is 384 g/mol. The maximum absolute atomic E-state index is 12.1. The van der Waals surface area contributed by atoms with E-state index < -0.39 is 0 Å². The zero-order chi connectivity index (χ0) is 19.5. The van der Waals surface area contributed by atoms with Crippen LogP contribution in [0.1, 0.15) is 43.7 Å². The number of likely N-dealkylation sites (tertiary alicyclic amines) is 1. The molecule has 0 radical (unpaired) electrons. The summed E-state index contributed by atoms with van der Waals surface area (Å²) in [7, 11) is 0. The molecule has 28 heavy (non-hydrogen) atoms. The number of rotatable bonds is 6. The second kappa shape index (κ2) is 8.35. The maximum atomic E-state index is 12.1. The number of carbonyl (C=O) groups is 1. The van der Waals surface area contributed by atoms with Gasteiger partial charge < -0.3 is 19.4 Å². The lowest BCUT2D eigenvalue weighted by Gasteiger charge is -2.32. The molecule has 0 atom stereocenters.